The normalized spacial score (nSPS) is 23.3. The van der Waals surface area contributed by atoms with Gasteiger partial charge < -0.3 is 19.2 Å². The Morgan fingerprint density at radius 2 is 1.56 bits per heavy atom. The molecule has 2 amide bonds. The molecular weight excluding hydrogens is 619 g/mol. The van der Waals surface area contributed by atoms with Crippen molar-refractivity contribution in [3.63, 3.8) is 0 Å². The summed E-state index contributed by atoms with van der Waals surface area (Å²) in [7, 11) is 0.338. The van der Waals surface area contributed by atoms with Crippen molar-refractivity contribution in [2.45, 2.75) is 114 Å². The van der Waals surface area contributed by atoms with Gasteiger partial charge in [0.25, 0.3) is 0 Å². The first kappa shape index (κ1) is 34.4. The van der Waals surface area contributed by atoms with Gasteiger partial charge in [0.2, 0.25) is 5.91 Å². The van der Waals surface area contributed by atoms with E-state index >= 15 is 0 Å². The number of hydrogen-bond acceptors (Lipinski definition) is 6. The Kier molecular flexibility index (Phi) is 10.1. The Bertz CT molecular complexity index is 1570. The molecule has 0 spiro atoms. The number of epoxide rings is 1. The van der Waals surface area contributed by atoms with Gasteiger partial charge in [0.05, 0.1) is 12.3 Å². The molecule has 3 fully saturated rings. The molecule has 256 valence electrons. The first-order valence-electron chi connectivity index (χ1n) is 17.4. The van der Waals surface area contributed by atoms with Gasteiger partial charge in [-0.2, -0.15) is 0 Å². The highest BCUT2D eigenvalue weighted by atomic mass is 28.4. The number of carbonyl (C=O) groups excluding carboxylic acids is 2. The highest BCUT2D eigenvalue weighted by Crippen LogP contribution is 2.48. The number of rotatable bonds is 12. The number of morpholine rings is 1. The minimum Gasteiger partial charge on any atom is -0.446 e. The number of benzene rings is 3. The number of nitrogens with one attached hydrogen (secondary N) is 2. The summed E-state index contributed by atoms with van der Waals surface area (Å²) in [5.74, 6) is 0.0102. The molecule has 0 aromatic heterocycles. The van der Waals surface area contributed by atoms with E-state index in [4.69, 9.17) is 13.9 Å². The Morgan fingerprint density at radius 3 is 2.23 bits per heavy atom. The lowest BCUT2D eigenvalue weighted by Crippen LogP contribution is -2.48. The third-order valence-corrected chi connectivity index (χ3v) is 15.3. The van der Waals surface area contributed by atoms with Crippen LogP contribution in [0.1, 0.15) is 64.0 Å². The number of carbonyl (C=O) groups is 2. The van der Waals surface area contributed by atoms with Crippen LogP contribution in [0.25, 0.3) is 11.1 Å². The zero-order valence-electron chi connectivity index (χ0n) is 29.3. The smallest absolute Gasteiger partial charge is 0.411 e. The maximum atomic E-state index is 13.2. The van der Waals surface area contributed by atoms with Gasteiger partial charge in [-0.15, -0.1) is 0 Å². The van der Waals surface area contributed by atoms with Crippen LogP contribution in [0.2, 0.25) is 18.1 Å². The molecule has 3 aromatic rings. The predicted octanol–water partition coefficient (Wildman–Crippen LogP) is 8.39. The third-order valence-electron chi connectivity index (χ3n) is 10.8. The average Bonchev–Trinajstić information content (AvgIpc) is 3.81. The van der Waals surface area contributed by atoms with Crippen molar-refractivity contribution in [2.75, 3.05) is 17.7 Å². The van der Waals surface area contributed by atoms with Gasteiger partial charge in [0.1, 0.15) is 18.3 Å². The number of nitrogens with zero attached hydrogens (tertiary/aromatic N) is 1. The molecule has 0 saturated carbocycles. The number of amides is 2. The number of unbranched alkanes of at least 4 members (excludes halogenated alkanes) is 1. The summed E-state index contributed by atoms with van der Waals surface area (Å²) < 4.78 is 18.1. The molecule has 2 bridgehead atoms. The minimum absolute atomic E-state index is 0.0102. The average molecular weight is 670 g/mol. The molecule has 3 aliphatic rings. The topological polar surface area (TPSA) is 92.4 Å². The highest BCUT2D eigenvalue weighted by molar-refractivity contribution is 6.74. The number of aryl methyl sites for hydroxylation is 1. The molecular formula is C39H51N3O5Si. The summed E-state index contributed by atoms with van der Waals surface area (Å²) in [6.07, 6.45) is 4.55. The molecule has 0 aliphatic carbocycles. The largest absolute Gasteiger partial charge is 0.446 e. The Balaban J connectivity index is 0.987. The van der Waals surface area contributed by atoms with Crippen molar-refractivity contribution in [3.8, 4) is 11.1 Å². The standard InChI is InChI=1S/C39H51N3O5Si/c1-39(2,3)48(5,6)45-25-27-16-19-29(20-17-27)40-35(43)15-11-10-12-26-18-21-31(28-13-8-7-9-14-28)32(22-26)41-38(44)46-30-23-33-36-37(47-36)34(24-30)42(33)4/h7-9,13-14,16-22,30,33-34,36-37H,10-12,15,23-25H2,1-6H3,(H,40,43)(H,41,44). The SMILES string of the molecule is CN1C2CC(OC(=O)Nc3cc(CCCCC(=O)Nc4ccc(CO[Si](C)(C)C(C)(C)C)cc4)ccc3-c3ccccc3)CC1C1OC12. The van der Waals surface area contributed by atoms with Crippen molar-refractivity contribution in [2.24, 2.45) is 0 Å². The Labute approximate surface area is 286 Å². The molecule has 4 atom stereocenters. The van der Waals surface area contributed by atoms with E-state index < -0.39 is 14.4 Å². The fourth-order valence-corrected chi connectivity index (χ4v) is 7.77. The number of likely N-dealkylation sites (N-methyl/N-ethyl adjacent to an activating group) is 1. The number of fused-ring (bicyclic) bond motifs is 5. The molecule has 2 N–H and O–H groups in total. The van der Waals surface area contributed by atoms with Gasteiger partial charge in [-0.1, -0.05) is 75.4 Å². The number of piperidine rings is 1. The zero-order chi connectivity index (χ0) is 34.1. The first-order valence-corrected chi connectivity index (χ1v) is 20.3. The van der Waals surface area contributed by atoms with E-state index in [2.05, 4.69) is 68.6 Å². The second-order valence-electron chi connectivity index (χ2n) is 15.2. The van der Waals surface area contributed by atoms with Crippen LogP contribution in [0.3, 0.4) is 0 Å². The summed E-state index contributed by atoms with van der Waals surface area (Å²) >= 11 is 0. The Morgan fingerprint density at radius 1 is 0.896 bits per heavy atom. The number of hydrogen-bond donors (Lipinski definition) is 2. The van der Waals surface area contributed by atoms with Gasteiger partial charge in [0, 0.05) is 42.6 Å². The summed E-state index contributed by atoms with van der Waals surface area (Å²) in [5, 5.41) is 6.26. The monoisotopic (exact) mass is 669 g/mol. The van der Waals surface area contributed by atoms with Crippen molar-refractivity contribution < 1.29 is 23.5 Å². The maximum Gasteiger partial charge on any atom is 0.411 e. The molecule has 9 heteroatoms. The van der Waals surface area contributed by atoms with E-state index in [1.54, 1.807) is 0 Å². The lowest BCUT2D eigenvalue weighted by molar-refractivity contribution is -0.116. The molecule has 8 nitrogen and oxygen atoms in total. The third kappa shape index (κ3) is 8.02. The second kappa shape index (κ2) is 14.2. The molecule has 6 rings (SSSR count). The second-order valence-corrected chi connectivity index (χ2v) is 20.0. The molecule has 3 saturated heterocycles. The summed E-state index contributed by atoms with van der Waals surface area (Å²) in [6.45, 7) is 11.8. The van der Waals surface area contributed by atoms with E-state index in [0.717, 1.165) is 65.7 Å². The van der Waals surface area contributed by atoms with E-state index in [1.165, 1.54) is 0 Å². The van der Waals surface area contributed by atoms with Gasteiger partial charge in [-0.3, -0.25) is 15.0 Å². The quantitative estimate of drug-likeness (QED) is 0.114. The first-order chi connectivity index (χ1) is 22.9. The van der Waals surface area contributed by atoms with E-state index in [9.17, 15) is 9.59 Å². The Hall–Kier alpha value is -3.50. The fourth-order valence-electron chi connectivity index (χ4n) is 6.81. The molecule has 3 heterocycles. The number of ether oxygens (including phenoxy) is 2. The van der Waals surface area contributed by atoms with Crippen molar-refractivity contribution in [1.29, 1.82) is 0 Å². The molecule has 0 radical (unpaired) electrons. The van der Waals surface area contributed by atoms with Gasteiger partial charge in [0.15, 0.2) is 8.32 Å². The lowest BCUT2D eigenvalue weighted by Gasteiger charge is -2.37. The van der Waals surface area contributed by atoms with E-state index in [0.29, 0.717) is 37.3 Å². The molecule has 3 aromatic carbocycles. The molecule has 3 aliphatic heterocycles. The molecule has 48 heavy (non-hydrogen) atoms. The summed E-state index contributed by atoms with van der Waals surface area (Å²) in [6, 6.07) is 24.9. The van der Waals surface area contributed by atoms with Crippen molar-refractivity contribution in [1.82, 2.24) is 4.90 Å². The summed E-state index contributed by atoms with van der Waals surface area (Å²) in [5.41, 5.74) is 5.73. The van der Waals surface area contributed by atoms with E-state index in [1.807, 2.05) is 60.7 Å². The van der Waals surface area contributed by atoms with Crippen LogP contribution in [0.4, 0.5) is 16.2 Å². The highest BCUT2D eigenvalue weighted by Gasteiger charge is 2.62. The van der Waals surface area contributed by atoms with Crippen LogP contribution in [0.5, 0.6) is 0 Å². The maximum absolute atomic E-state index is 13.2. The van der Waals surface area contributed by atoms with Gasteiger partial charge in [-0.25, -0.2) is 4.79 Å². The number of anilines is 2. The van der Waals surface area contributed by atoms with E-state index in [-0.39, 0.29) is 17.0 Å². The fraction of sp³-hybridized carbons (Fsp3) is 0.487. The van der Waals surface area contributed by atoms with Crippen LogP contribution < -0.4 is 10.6 Å². The lowest BCUT2D eigenvalue weighted by atomic mass is 9.99. The van der Waals surface area contributed by atoms with Crippen molar-refractivity contribution in [3.05, 3.63) is 83.9 Å². The van der Waals surface area contributed by atoms with Crippen LogP contribution in [-0.4, -0.2) is 62.7 Å². The van der Waals surface area contributed by atoms with Crippen LogP contribution >= 0.6 is 0 Å². The van der Waals surface area contributed by atoms with Crippen molar-refractivity contribution >= 4 is 31.7 Å². The van der Waals surface area contributed by atoms with Crippen LogP contribution in [0.15, 0.2) is 72.8 Å². The predicted molar refractivity (Wildman–Crippen MR) is 194 cm³/mol. The molecule has 4 unspecified atom stereocenters. The van der Waals surface area contributed by atoms with Crippen LogP contribution in [-0.2, 0) is 31.7 Å². The van der Waals surface area contributed by atoms with Gasteiger partial charge >= 0.3 is 6.09 Å². The zero-order valence-corrected chi connectivity index (χ0v) is 30.3. The van der Waals surface area contributed by atoms with Crippen LogP contribution in [0, 0.1) is 0 Å². The minimum atomic E-state index is -1.81. The van der Waals surface area contributed by atoms with Gasteiger partial charge in [-0.05, 0) is 79.3 Å². The summed E-state index contributed by atoms with van der Waals surface area (Å²) in [4.78, 5) is 28.3.